The van der Waals surface area contributed by atoms with E-state index in [1.165, 1.54) is 0 Å². The van der Waals surface area contributed by atoms with Gasteiger partial charge < -0.3 is 265 Å². The number of hydrogen-bond acceptors (Lipinski definition) is 53. The summed E-state index contributed by atoms with van der Waals surface area (Å²) >= 11 is 0. The van der Waals surface area contributed by atoms with Gasteiger partial charge in [0, 0.05) is 48.0 Å². The van der Waals surface area contributed by atoms with Crippen molar-refractivity contribution in [3.8, 4) is 0 Å². The normalized spacial score (nSPS) is 46.4. The molecule has 60 nitrogen and oxygen atoms in total. The van der Waals surface area contributed by atoms with Crippen LogP contribution in [0.3, 0.4) is 0 Å². The highest BCUT2D eigenvalue weighted by Crippen LogP contribution is 2.43. The summed E-state index contributed by atoms with van der Waals surface area (Å²) < 4.78 is 114. The number of amides is 6. The van der Waals surface area contributed by atoms with Crippen LogP contribution in [-0.2, 0) is 124 Å². The van der Waals surface area contributed by atoms with Gasteiger partial charge in [0.2, 0.25) is 35.4 Å². The van der Waals surface area contributed by atoms with Crippen molar-refractivity contribution in [1.82, 2.24) is 31.9 Å². The molecule has 6 amide bonds. The third-order valence-corrected chi connectivity index (χ3v) is 24.3. The van der Waals surface area contributed by atoms with Crippen molar-refractivity contribution in [2.24, 2.45) is 0 Å². The summed E-state index contributed by atoms with van der Waals surface area (Å²) in [5.41, 5.74) is 0. The Balaban J connectivity index is 0.979. The van der Waals surface area contributed by atoms with Crippen molar-refractivity contribution in [2.75, 3.05) is 66.1 Å². The predicted molar refractivity (Wildman–Crippen MR) is 416 cm³/mol. The fourth-order valence-electron chi connectivity index (χ4n) is 17.5. The molecule has 0 aromatic heterocycles. The van der Waals surface area contributed by atoms with E-state index in [9.17, 15) is 177 Å². The van der Waals surface area contributed by atoms with Gasteiger partial charge in [-0.15, -0.1) is 0 Å². The maximum atomic E-state index is 13.3. The van der Waals surface area contributed by atoms with E-state index in [1.54, 1.807) is 0 Å². The van der Waals surface area contributed by atoms with Crippen LogP contribution in [0.1, 0.15) is 48.0 Å². The molecule has 34 N–H and O–H groups in total. The lowest BCUT2D eigenvalue weighted by Gasteiger charge is -2.51. The van der Waals surface area contributed by atoms with E-state index in [1.807, 2.05) is 0 Å². The summed E-state index contributed by atoms with van der Waals surface area (Å²) in [6.07, 6.45) is -98.3. The van der Waals surface area contributed by atoms with Crippen LogP contribution in [0.4, 0.5) is 0 Å². The number of carboxylic acids is 1. The fraction of sp³-hybridized carbons (Fsp3) is 0.907. The van der Waals surface area contributed by atoms with Gasteiger partial charge in [-0.1, -0.05) is 0 Å². The molecule has 0 unspecified atom stereocenters. The molecule has 0 aliphatic carbocycles. The summed E-state index contributed by atoms with van der Waals surface area (Å²) in [6, 6.07) is -11.3. The number of carboxylic acid groups (broad SMARTS) is 1. The molecule has 0 aromatic carbocycles. The minimum atomic E-state index is -3.33. The summed E-state index contributed by atoms with van der Waals surface area (Å²) in [5.74, 6) is -11.1. The Morgan fingerprint density at radius 2 is 0.593 bits per heavy atom. The highest BCUT2D eigenvalue weighted by Gasteiger charge is 2.64. The van der Waals surface area contributed by atoms with Crippen LogP contribution in [0.5, 0.6) is 0 Å². The lowest BCUT2D eigenvalue weighted by atomic mass is 9.88. The van der Waals surface area contributed by atoms with Crippen molar-refractivity contribution in [3.05, 3.63) is 0 Å². The first-order valence-corrected chi connectivity index (χ1v) is 42.8. The molecule has 10 aliphatic heterocycles. The van der Waals surface area contributed by atoms with Gasteiger partial charge in [-0.05, 0) is 0 Å². The average Bonchev–Trinajstić information content (AvgIpc) is 0.752. The molecule has 10 heterocycles. The van der Waals surface area contributed by atoms with Crippen molar-refractivity contribution in [3.63, 3.8) is 0 Å². The maximum absolute atomic E-state index is 13.3. The molecule has 10 saturated heterocycles. The van der Waals surface area contributed by atoms with E-state index in [0.717, 1.165) is 41.5 Å². The first-order chi connectivity index (χ1) is 63.7. The lowest BCUT2D eigenvalue weighted by molar-refractivity contribution is -0.401. The highest BCUT2D eigenvalue weighted by molar-refractivity contribution is 5.77. The highest BCUT2D eigenvalue weighted by atomic mass is 16.8. The van der Waals surface area contributed by atoms with Crippen LogP contribution in [0.15, 0.2) is 0 Å². The van der Waals surface area contributed by atoms with Gasteiger partial charge in [-0.25, -0.2) is 4.79 Å². The lowest BCUT2D eigenvalue weighted by Crippen LogP contribution is -2.71. The number of aliphatic hydroxyl groups excluding tert-OH is 27. The number of carbonyl (C=O) groups excluding carboxylic acids is 6. The second kappa shape index (κ2) is 48.5. The Morgan fingerprint density at radius 1 is 0.304 bits per heavy atom. The van der Waals surface area contributed by atoms with Crippen LogP contribution < -0.4 is 31.9 Å². The Kier molecular flexibility index (Phi) is 40.0. The molecule has 0 radical (unpaired) electrons. The fourth-order valence-corrected chi connectivity index (χ4v) is 17.5. The molecule has 60 heteroatoms. The van der Waals surface area contributed by atoms with Gasteiger partial charge in [-0.2, -0.15) is 0 Å². The summed E-state index contributed by atoms with van der Waals surface area (Å²) in [6.45, 7) is -6.31. The second-order valence-electron chi connectivity index (χ2n) is 33.9. The van der Waals surface area contributed by atoms with Crippen LogP contribution >= 0.6 is 0 Å². The number of ether oxygens (including phenoxy) is 19. The number of carbonyl (C=O) groups is 7. The summed E-state index contributed by atoms with van der Waals surface area (Å²) in [5, 5.41) is 330. The largest absolute Gasteiger partial charge is 0.477 e. The van der Waals surface area contributed by atoms with Crippen LogP contribution in [0.2, 0.25) is 0 Å². The third-order valence-electron chi connectivity index (χ3n) is 24.3. The van der Waals surface area contributed by atoms with Gasteiger partial charge in [0.05, 0.1) is 78.2 Å². The van der Waals surface area contributed by atoms with E-state index in [4.69, 9.17) is 90.0 Å². The SMILES string of the molecule is CC(=O)N[C@@H]1[C@@H](O)[C@H](O[C@@H]2O[C@H](CO)[C@@H](O[C@@H]3O[C@H](CO[C@H]4O[C@H](CO)[C@@H](O)[C@H](O)[C@@H]4O[C@@H]4O[C@H](CO)[C@@H](O[C@@H]5O[C@H](CO)[C@H](O)[C@H](O)[C@H]5NC(C)=O)[C@H](O)[C@H]4NC(C)=O)[C@@H](O)[C@H](O[C@H]4O[C@H](CO)[C@@H](O)[C@H](O)[C@@H]4O[C@@H]4O[C@H](CO)[C@@H](O[C@@H]5O[C@H](CO)[C@H](O)[C@H](O[C@]6(C(=O)O)C[C@H](O)[C@@H](NC(C)=O)[C@H]([C@H](O)[C@H](O)CO)O6)[C@H]5O)[C@H](O)[C@H]4NC(C)=O)[C@@H]3O)[C@H](O)[C@H]2NC(C)=O)[C@@H](CO)O[C@H]1O. The minimum Gasteiger partial charge on any atom is -0.477 e. The molecule has 10 fully saturated rings. The number of hydrogen-bond donors (Lipinski definition) is 34. The van der Waals surface area contributed by atoms with E-state index in [2.05, 4.69) is 31.9 Å². The molecule has 10 aliphatic rings. The van der Waals surface area contributed by atoms with Crippen molar-refractivity contribution < 1.29 is 267 Å². The maximum Gasteiger partial charge on any atom is 0.364 e. The van der Waals surface area contributed by atoms with Gasteiger partial charge in [-0.3, -0.25) is 28.8 Å². The van der Waals surface area contributed by atoms with Gasteiger partial charge in [0.15, 0.2) is 56.6 Å². The van der Waals surface area contributed by atoms with Crippen molar-refractivity contribution >= 4 is 41.4 Å². The molecular weight excluding hydrogens is 1850 g/mol. The van der Waals surface area contributed by atoms with Gasteiger partial charge in [0.1, 0.15) is 238 Å². The zero-order valence-electron chi connectivity index (χ0n) is 72.8. The molecule has 0 bridgehead atoms. The number of rotatable bonds is 37. The standard InChI is InChI=1S/C75H124N6O54/c1-18(91)76-35-24(97)7-75(74(115)116,134-60(35)41(99)25(98)8-82)135-62-45(103)29(12-86)120-71(55(62)113)130-59-33(16-90)125-69(40(51(59)109)81-23(6)96)133-64-53(111)44(102)28(11-85)122-73(64)131-61-46(104)34(126-70(54(61)112)129-58-32(15-89)123-67(38(50(58)108)79-21(4)94)127-56-30(13-87)118-65(114)36(48(56)106)77-19(2)92)17-117-72-63(52(110)43(101)27(10-84)121-72)132-68-39(80-22(5)95)49(107)57(31(14-88)124-68)128-66-37(78-20(3)93)47(105)42(100)26(9-83)119-66/h24-73,82-90,97-114H,7-17H2,1-6H3,(H,76,91)(H,77,92)(H,78,93)(H,79,94)(H,80,95)(H,81,96)(H,115,116)/t24-,25+,26+,27+,28+,29+,30+,31+,32+,33+,34+,35+,36+,37+,38+,39+,40+,41+,42-,43+,44+,45-,46+,47+,48+,49+,50+,51+,52-,53-,54-,55+,56+,57+,58+,59+,60+,61-,62-,63-,64-,65+,66-,67-,68-,69-,70-,71-,72-,73+,75-/m0/s1. The Hall–Kier alpha value is -5.55. The van der Waals surface area contributed by atoms with Crippen LogP contribution in [0.25, 0.3) is 0 Å². The van der Waals surface area contributed by atoms with Gasteiger partial charge >= 0.3 is 5.97 Å². The Bertz CT molecular complexity index is 3820. The van der Waals surface area contributed by atoms with Crippen molar-refractivity contribution in [2.45, 2.75) is 360 Å². The smallest absolute Gasteiger partial charge is 0.364 e. The zero-order chi connectivity index (χ0) is 99.9. The second-order valence-corrected chi connectivity index (χ2v) is 33.9. The van der Waals surface area contributed by atoms with E-state index in [-0.39, 0.29) is 0 Å². The van der Waals surface area contributed by atoms with Crippen LogP contribution in [-0.4, -0.2) is 563 Å². The molecule has 10 rings (SSSR count). The first kappa shape index (κ1) is 111. The Labute approximate surface area is 764 Å². The third kappa shape index (κ3) is 25.0. The summed E-state index contributed by atoms with van der Waals surface area (Å²) in [4.78, 5) is 89.7. The minimum absolute atomic E-state index is 0.819. The Morgan fingerprint density at radius 3 is 0.985 bits per heavy atom. The average molecular weight is 1970 g/mol. The number of aliphatic carboxylic acids is 1. The number of aliphatic hydroxyl groups is 27. The van der Waals surface area contributed by atoms with E-state index >= 15 is 0 Å². The topological polar surface area (TPSA) is 933 Å². The van der Waals surface area contributed by atoms with Crippen molar-refractivity contribution in [1.29, 1.82) is 0 Å². The molecule has 0 spiro atoms. The van der Waals surface area contributed by atoms with E-state index in [0.29, 0.717) is 0 Å². The number of nitrogens with one attached hydrogen (secondary N) is 6. The molecule has 778 valence electrons. The molecule has 0 saturated carbocycles. The van der Waals surface area contributed by atoms with E-state index < -0.39 is 426 Å². The molecule has 135 heavy (non-hydrogen) atoms. The van der Waals surface area contributed by atoms with Gasteiger partial charge in [0.25, 0.3) is 5.79 Å². The molecule has 51 atom stereocenters. The quantitative estimate of drug-likeness (QED) is 0.0275. The monoisotopic (exact) mass is 1970 g/mol. The summed E-state index contributed by atoms with van der Waals surface area (Å²) in [7, 11) is 0. The van der Waals surface area contributed by atoms with Crippen LogP contribution in [0, 0.1) is 0 Å². The zero-order valence-corrected chi connectivity index (χ0v) is 72.8. The predicted octanol–water partition coefficient (Wildman–Crippen LogP) is -22.7. The molecule has 0 aromatic rings. The molecular formula is C75H124N6O54. The first-order valence-electron chi connectivity index (χ1n) is 42.8.